The Balaban J connectivity index is 1.82. The van der Waals surface area contributed by atoms with Crippen molar-refractivity contribution >= 4 is 21.7 Å². The lowest BCUT2D eigenvalue weighted by Crippen LogP contribution is -2.44. The lowest BCUT2D eigenvalue weighted by molar-refractivity contribution is 0.464. The van der Waals surface area contributed by atoms with E-state index in [1.165, 1.54) is 9.99 Å². The first-order valence-electron chi connectivity index (χ1n) is 9.75. The fourth-order valence-corrected chi connectivity index (χ4v) is 3.96. The Kier molecular flexibility index (Phi) is 8.37. The minimum absolute atomic E-state index is 0.135. The van der Waals surface area contributed by atoms with E-state index in [1.54, 1.807) is 14.0 Å². The van der Waals surface area contributed by atoms with Gasteiger partial charge >= 0.3 is 0 Å². The second-order valence-corrected chi connectivity index (χ2v) is 9.11. The fraction of sp³-hybridized carbons (Fsp3) is 0.632. The van der Waals surface area contributed by atoms with E-state index >= 15 is 0 Å². The molecule has 0 amide bonds. The summed E-state index contributed by atoms with van der Waals surface area (Å²) < 4.78 is 25.0. The van der Waals surface area contributed by atoms with E-state index in [0.717, 1.165) is 32.0 Å². The van der Waals surface area contributed by atoms with Crippen molar-refractivity contribution in [3.8, 4) is 0 Å². The highest BCUT2D eigenvalue weighted by molar-refractivity contribution is 7.89. The molecule has 0 saturated carbocycles. The van der Waals surface area contributed by atoms with Gasteiger partial charge in [-0.15, -0.1) is 0 Å². The van der Waals surface area contributed by atoms with Crippen LogP contribution in [0.2, 0.25) is 0 Å². The molecule has 1 fully saturated rings. The van der Waals surface area contributed by atoms with Gasteiger partial charge in [-0.05, 0) is 38.8 Å². The summed E-state index contributed by atoms with van der Waals surface area (Å²) >= 11 is 0. The Morgan fingerprint density at radius 3 is 2.70 bits per heavy atom. The van der Waals surface area contributed by atoms with Crippen LogP contribution in [0.15, 0.2) is 35.3 Å². The Morgan fingerprint density at radius 1 is 1.30 bits per heavy atom. The molecule has 1 aliphatic heterocycles. The van der Waals surface area contributed by atoms with Gasteiger partial charge < -0.3 is 15.5 Å². The average Bonchev–Trinajstić information content (AvgIpc) is 3.14. The maximum absolute atomic E-state index is 11.8. The molecular formula is C19H33N5O2S. The lowest BCUT2D eigenvalue weighted by atomic mass is 10.3. The number of hydrogen-bond donors (Lipinski definition) is 2. The van der Waals surface area contributed by atoms with Gasteiger partial charge in [0.1, 0.15) is 0 Å². The monoisotopic (exact) mass is 395 g/mol. The molecule has 1 unspecified atom stereocenters. The molecule has 8 heteroatoms. The molecule has 2 rings (SSSR count). The van der Waals surface area contributed by atoms with E-state index in [2.05, 4.69) is 44.8 Å². The summed E-state index contributed by atoms with van der Waals surface area (Å²) in [6.07, 6.45) is 1.77. The second-order valence-electron chi connectivity index (χ2n) is 6.75. The van der Waals surface area contributed by atoms with Gasteiger partial charge in [-0.1, -0.05) is 18.2 Å². The third-order valence-corrected chi connectivity index (χ3v) is 6.60. The van der Waals surface area contributed by atoms with E-state index < -0.39 is 10.0 Å². The Morgan fingerprint density at radius 2 is 2.04 bits per heavy atom. The van der Waals surface area contributed by atoms with Crippen molar-refractivity contribution in [2.24, 2.45) is 4.99 Å². The summed E-state index contributed by atoms with van der Waals surface area (Å²) in [4.78, 5) is 6.99. The number of anilines is 1. The van der Waals surface area contributed by atoms with Crippen LogP contribution in [0.4, 0.5) is 5.69 Å². The Labute approximate surface area is 163 Å². The number of guanidine groups is 1. The van der Waals surface area contributed by atoms with Crippen molar-refractivity contribution in [1.82, 2.24) is 14.9 Å². The van der Waals surface area contributed by atoms with Crippen molar-refractivity contribution in [1.29, 1.82) is 0 Å². The van der Waals surface area contributed by atoms with Gasteiger partial charge in [0.15, 0.2) is 5.96 Å². The smallest absolute Gasteiger partial charge is 0.213 e. The molecule has 27 heavy (non-hydrogen) atoms. The summed E-state index contributed by atoms with van der Waals surface area (Å²) in [5, 5.41) is 6.79. The van der Waals surface area contributed by atoms with E-state index in [9.17, 15) is 8.42 Å². The largest absolute Gasteiger partial charge is 0.369 e. The highest BCUT2D eigenvalue weighted by Gasteiger charge is 2.23. The lowest BCUT2D eigenvalue weighted by Gasteiger charge is -2.20. The third kappa shape index (κ3) is 6.70. The minimum atomic E-state index is -3.11. The highest BCUT2D eigenvalue weighted by Crippen LogP contribution is 2.19. The molecular weight excluding hydrogens is 362 g/mol. The molecule has 1 atom stereocenters. The SMILES string of the molecule is CCNC(=NCCCN(C)S(=O)(=O)CC)NC1CCN(c2ccccc2)C1. The number of aliphatic imine (C=N–C) groups is 1. The average molecular weight is 396 g/mol. The molecule has 0 bridgehead atoms. The van der Waals surface area contributed by atoms with Gasteiger partial charge in [0.25, 0.3) is 0 Å². The standard InChI is InChI=1S/C19H33N5O2S/c1-4-20-19(21-13-9-14-23(3)27(25,26)5-2)22-17-12-15-24(16-17)18-10-7-6-8-11-18/h6-8,10-11,17H,4-5,9,12-16H2,1-3H3,(H2,20,21,22). The first-order chi connectivity index (χ1) is 13.0. The Bertz CT molecular complexity index is 693. The minimum Gasteiger partial charge on any atom is -0.369 e. The predicted octanol–water partition coefficient (Wildman–Crippen LogP) is 1.49. The van der Waals surface area contributed by atoms with E-state index in [0.29, 0.717) is 25.6 Å². The van der Waals surface area contributed by atoms with Gasteiger partial charge in [-0.3, -0.25) is 4.99 Å². The quantitative estimate of drug-likeness (QED) is 0.376. The number of hydrogen-bond acceptors (Lipinski definition) is 4. The zero-order valence-electron chi connectivity index (χ0n) is 16.7. The molecule has 1 heterocycles. The zero-order chi connectivity index (χ0) is 19.7. The molecule has 1 aliphatic rings. The van der Waals surface area contributed by atoms with Crippen LogP contribution < -0.4 is 15.5 Å². The molecule has 152 valence electrons. The van der Waals surface area contributed by atoms with Gasteiger partial charge in [0.2, 0.25) is 10.0 Å². The van der Waals surface area contributed by atoms with Gasteiger partial charge in [-0.2, -0.15) is 0 Å². The van der Waals surface area contributed by atoms with Crippen LogP contribution in [-0.4, -0.2) is 70.2 Å². The third-order valence-electron chi connectivity index (χ3n) is 4.74. The van der Waals surface area contributed by atoms with E-state index in [4.69, 9.17) is 0 Å². The molecule has 2 N–H and O–H groups in total. The number of nitrogens with zero attached hydrogens (tertiary/aromatic N) is 3. The summed E-state index contributed by atoms with van der Waals surface area (Å²) in [6.45, 7) is 7.57. The molecule has 0 aliphatic carbocycles. The number of benzene rings is 1. The summed E-state index contributed by atoms with van der Waals surface area (Å²) in [5.74, 6) is 0.940. The molecule has 0 spiro atoms. The van der Waals surface area contributed by atoms with Gasteiger partial charge in [0.05, 0.1) is 5.75 Å². The molecule has 1 aromatic carbocycles. The van der Waals surface area contributed by atoms with Crippen molar-refractivity contribution in [2.75, 3.05) is 50.4 Å². The zero-order valence-corrected chi connectivity index (χ0v) is 17.5. The van der Waals surface area contributed by atoms with Crippen molar-refractivity contribution in [3.05, 3.63) is 30.3 Å². The van der Waals surface area contributed by atoms with E-state index in [1.807, 2.05) is 13.0 Å². The summed E-state index contributed by atoms with van der Waals surface area (Å²) in [7, 11) is -1.48. The maximum atomic E-state index is 11.8. The molecule has 1 saturated heterocycles. The second kappa shape index (κ2) is 10.5. The molecule has 0 aromatic heterocycles. The van der Waals surface area contributed by atoms with Crippen molar-refractivity contribution in [2.45, 2.75) is 32.7 Å². The molecule has 7 nitrogen and oxygen atoms in total. The van der Waals surface area contributed by atoms with Crippen LogP contribution in [0.1, 0.15) is 26.7 Å². The van der Waals surface area contributed by atoms with Gasteiger partial charge in [-0.25, -0.2) is 12.7 Å². The summed E-state index contributed by atoms with van der Waals surface area (Å²) in [6, 6.07) is 10.8. The highest BCUT2D eigenvalue weighted by atomic mass is 32.2. The predicted molar refractivity (Wildman–Crippen MR) is 113 cm³/mol. The topological polar surface area (TPSA) is 77.0 Å². The van der Waals surface area contributed by atoms with Crippen LogP contribution in [-0.2, 0) is 10.0 Å². The van der Waals surface area contributed by atoms with Crippen molar-refractivity contribution in [3.63, 3.8) is 0 Å². The first-order valence-corrected chi connectivity index (χ1v) is 11.4. The van der Waals surface area contributed by atoms with Gasteiger partial charge in [0, 0.05) is 51.5 Å². The van der Waals surface area contributed by atoms with Crippen LogP contribution in [0.5, 0.6) is 0 Å². The van der Waals surface area contributed by atoms with Crippen molar-refractivity contribution < 1.29 is 8.42 Å². The molecule has 0 radical (unpaired) electrons. The van der Waals surface area contributed by atoms with Crippen LogP contribution in [0.3, 0.4) is 0 Å². The Hall–Kier alpha value is -1.80. The van der Waals surface area contributed by atoms with Crippen LogP contribution >= 0.6 is 0 Å². The maximum Gasteiger partial charge on any atom is 0.213 e. The van der Waals surface area contributed by atoms with Crippen LogP contribution in [0.25, 0.3) is 0 Å². The molecule has 1 aromatic rings. The number of nitrogens with one attached hydrogen (secondary N) is 2. The normalized spacial score (nSPS) is 18.1. The summed E-state index contributed by atoms with van der Waals surface area (Å²) in [5.41, 5.74) is 1.25. The van der Waals surface area contributed by atoms with E-state index in [-0.39, 0.29) is 5.75 Å². The van der Waals surface area contributed by atoms with Crippen LogP contribution in [0, 0.1) is 0 Å². The number of sulfonamides is 1. The first kappa shape index (κ1) is 21.5. The number of rotatable bonds is 9. The number of para-hydroxylation sites is 1. The fourth-order valence-electron chi connectivity index (χ4n) is 3.11.